The summed E-state index contributed by atoms with van der Waals surface area (Å²) in [6.07, 6.45) is 2.38. The highest BCUT2D eigenvalue weighted by molar-refractivity contribution is 5.69. The van der Waals surface area contributed by atoms with E-state index in [-0.39, 0.29) is 17.7 Å². The number of alkyl carbamates (subject to hydrolysis) is 1. The van der Waals surface area contributed by atoms with Crippen molar-refractivity contribution in [2.45, 2.75) is 44.4 Å². The average molecular weight is 248 g/mol. The smallest absolute Gasteiger partial charge is 0.407 e. The molecule has 0 aliphatic heterocycles. The van der Waals surface area contributed by atoms with E-state index in [1.807, 2.05) is 37.3 Å². The Labute approximate surface area is 108 Å². The number of carbonyl (C=O) groups is 1. The van der Waals surface area contributed by atoms with Crippen molar-refractivity contribution in [2.75, 3.05) is 0 Å². The molecular formula is C14H20N2O2. The van der Waals surface area contributed by atoms with Gasteiger partial charge in [-0.15, -0.1) is 0 Å². The monoisotopic (exact) mass is 248 g/mol. The largest absolute Gasteiger partial charge is 0.445 e. The fourth-order valence-electron chi connectivity index (χ4n) is 2.08. The number of nitrogens with one attached hydrogen (secondary N) is 1. The van der Waals surface area contributed by atoms with Gasteiger partial charge in [-0.1, -0.05) is 37.3 Å². The summed E-state index contributed by atoms with van der Waals surface area (Å²) in [5.41, 5.74) is 6.76. The molecule has 1 saturated carbocycles. The van der Waals surface area contributed by atoms with Gasteiger partial charge >= 0.3 is 6.09 Å². The lowest BCUT2D eigenvalue weighted by molar-refractivity contribution is 0.132. The van der Waals surface area contributed by atoms with Crippen LogP contribution in [-0.4, -0.2) is 17.7 Å². The molecule has 0 heterocycles. The highest BCUT2D eigenvalue weighted by atomic mass is 16.5. The lowest BCUT2D eigenvalue weighted by Gasteiger charge is -2.23. The van der Waals surface area contributed by atoms with Crippen LogP contribution in [0.4, 0.5) is 4.79 Å². The number of benzene rings is 1. The van der Waals surface area contributed by atoms with Gasteiger partial charge in [0.05, 0.1) is 5.54 Å². The first-order valence-electron chi connectivity index (χ1n) is 6.41. The lowest BCUT2D eigenvalue weighted by atomic mass is 10.1. The van der Waals surface area contributed by atoms with Gasteiger partial charge in [0.25, 0.3) is 0 Å². The zero-order valence-electron chi connectivity index (χ0n) is 10.7. The SMILES string of the molecule is CC[C@@H](N)C1(NC(=O)OCc2ccccc2)CC1. The number of amides is 1. The van der Waals surface area contributed by atoms with Crippen molar-refractivity contribution in [3.63, 3.8) is 0 Å². The molecular weight excluding hydrogens is 228 g/mol. The minimum absolute atomic E-state index is 0.0155. The molecule has 3 N–H and O–H groups in total. The maximum Gasteiger partial charge on any atom is 0.407 e. The molecule has 0 spiro atoms. The minimum Gasteiger partial charge on any atom is -0.445 e. The number of nitrogens with two attached hydrogens (primary N) is 1. The Morgan fingerprint density at radius 1 is 1.44 bits per heavy atom. The van der Waals surface area contributed by atoms with Gasteiger partial charge in [0.15, 0.2) is 0 Å². The van der Waals surface area contributed by atoms with Gasteiger partial charge in [0.2, 0.25) is 0 Å². The van der Waals surface area contributed by atoms with Crippen LogP contribution in [0.25, 0.3) is 0 Å². The van der Waals surface area contributed by atoms with Gasteiger partial charge in [-0.05, 0) is 24.8 Å². The van der Waals surface area contributed by atoms with Crippen LogP contribution in [0.2, 0.25) is 0 Å². The van der Waals surface area contributed by atoms with Crippen LogP contribution in [0.3, 0.4) is 0 Å². The standard InChI is InChI=1S/C14H20N2O2/c1-2-12(15)14(8-9-14)16-13(17)18-10-11-6-4-3-5-7-11/h3-7,12H,2,8-10,15H2,1H3,(H,16,17)/t12-/m1/s1. The third-order valence-corrected chi connectivity index (χ3v) is 3.50. The molecule has 0 saturated heterocycles. The van der Waals surface area contributed by atoms with Crippen molar-refractivity contribution in [3.8, 4) is 0 Å². The first kappa shape index (κ1) is 12.9. The van der Waals surface area contributed by atoms with Crippen LogP contribution in [0.15, 0.2) is 30.3 Å². The Hall–Kier alpha value is -1.55. The molecule has 2 rings (SSSR count). The normalized spacial score (nSPS) is 17.9. The maximum atomic E-state index is 11.7. The van der Waals surface area contributed by atoms with E-state index < -0.39 is 0 Å². The lowest BCUT2D eigenvalue weighted by Crippen LogP contribution is -2.49. The number of hydrogen-bond acceptors (Lipinski definition) is 3. The summed E-state index contributed by atoms with van der Waals surface area (Å²) in [6, 6.07) is 9.65. The fourth-order valence-corrected chi connectivity index (χ4v) is 2.08. The molecule has 4 nitrogen and oxygen atoms in total. The van der Waals surface area contributed by atoms with Crippen molar-refractivity contribution >= 4 is 6.09 Å². The number of hydrogen-bond donors (Lipinski definition) is 2. The molecule has 18 heavy (non-hydrogen) atoms. The van der Waals surface area contributed by atoms with Crippen molar-refractivity contribution in [2.24, 2.45) is 5.73 Å². The number of carbonyl (C=O) groups excluding carboxylic acids is 1. The van der Waals surface area contributed by atoms with Crippen molar-refractivity contribution in [3.05, 3.63) is 35.9 Å². The minimum atomic E-state index is -0.375. The van der Waals surface area contributed by atoms with Gasteiger partial charge in [0.1, 0.15) is 6.61 Å². The van der Waals surface area contributed by atoms with Crippen LogP contribution in [0.1, 0.15) is 31.7 Å². The van der Waals surface area contributed by atoms with E-state index in [1.54, 1.807) is 0 Å². The fraction of sp³-hybridized carbons (Fsp3) is 0.500. The van der Waals surface area contributed by atoms with Crippen molar-refractivity contribution in [1.29, 1.82) is 0 Å². The molecule has 98 valence electrons. The molecule has 0 unspecified atom stereocenters. The first-order chi connectivity index (χ1) is 8.66. The average Bonchev–Trinajstić information content (AvgIpc) is 3.17. The second kappa shape index (κ2) is 5.40. The van der Waals surface area contributed by atoms with Gasteiger partial charge in [-0.2, -0.15) is 0 Å². The molecule has 4 heteroatoms. The summed E-state index contributed by atoms with van der Waals surface area (Å²) in [4.78, 5) is 11.7. The van der Waals surface area contributed by atoms with Crippen LogP contribution >= 0.6 is 0 Å². The predicted molar refractivity (Wildman–Crippen MR) is 70.0 cm³/mol. The highest BCUT2D eigenvalue weighted by Crippen LogP contribution is 2.39. The van der Waals surface area contributed by atoms with Crippen molar-refractivity contribution in [1.82, 2.24) is 5.32 Å². The number of rotatable bonds is 5. The predicted octanol–water partition coefficient (Wildman–Crippen LogP) is 2.18. The quantitative estimate of drug-likeness (QED) is 0.839. The van der Waals surface area contributed by atoms with Crippen LogP contribution in [0, 0.1) is 0 Å². The van der Waals surface area contributed by atoms with Crippen LogP contribution in [0.5, 0.6) is 0 Å². The molecule has 1 aliphatic carbocycles. The van der Waals surface area contributed by atoms with Crippen LogP contribution in [-0.2, 0) is 11.3 Å². The highest BCUT2D eigenvalue weighted by Gasteiger charge is 2.48. The summed E-state index contributed by atoms with van der Waals surface area (Å²) in [5, 5.41) is 2.90. The molecule has 1 aromatic carbocycles. The first-order valence-corrected chi connectivity index (χ1v) is 6.41. The molecule has 0 radical (unpaired) electrons. The van der Waals surface area contributed by atoms with Gasteiger partial charge in [-0.3, -0.25) is 0 Å². The Balaban J connectivity index is 1.79. The molecule has 1 atom stereocenters. The van der Waals surface area contributed by atoms with E-state index in [9.17, 15) is 4.79 Å². The summed E-state index contributed by atoms with van der Waals surface area (Å²) in [7, 11) is 0. The number of ether oxygens (including phenoxy) is 1. The molecule has 1 amide bonds. The summed E-state index contributed by atoms with van der Waals surface area (Å²) < 4.78 is 5.19. The molecule has 1 fully saturated rings. The second-order valence-corrected chi connectivity index (χ2v) is 4.86. The second-order valence-electron chi connectivity index (χ2n) is 4.86. The van der Waals surface area contributed by atoms with E-state index in [0.717, 1.165) is 24.8 Å². The van der Waals surface area contributed by atoms with E-state index in [1.165, 1.54) is 0 Å². The summed E-state index contributed by atoms with van der Waals surface area (Å²) in [6.45, 7) is 2.33. The van der Waals surface area contributed by atoms with Gasteiger partial charge in [-0.25, -0.2) is 4.79 Å². The van der Waals surface area contributed by atoms with E-state index in [0.29, 0.717) is 6.61 Å². The van der Waals surface area contributed by atoms with Crippen molar-refractivity contribution < 1.29 is 9.53 Å². The van der Waals surface area contributed by atoms with Gasteiger partial charge in [0, 0.05) is 6.04 Å². The maximum absolute atomic E-state index is 11.7. The third kappa shape index (κ3) is 3.01. The van der Waals surface area contributed by atoms with Crippen LogP contribution < -0.4 is 11.1 Å². The Morgan fingerprint density at radius 2 is 2.11 bits per heavy atom. The molecule has 1 aromatic rings. The zero-order chi connectivity index (χ0) is 13.0. The molecule has 0 aromatic heterocycles. The Kier molecular flexibility index (Phi) is 3.87. The Morgan fingerprint density at radius 3 is 2.67 bits per heavy atom. The van der Waals surface area contributed by atoms with E-state index in [4.69, 9.17) is 10.5 Å². The molecule has 1 aliphatic rings. The summed E-state index contributed by atoms with van der Waals surface area (Å²) >= 11 is 0. The van der Waals surface area contributed by atoms with E-state index in [2.05, 4.69) is 5.32 Å². The topological polar surface area (TPSA) is 64.3 Å². The Bertz CT molecular complexity index is 402. The van der Waals surface area contributed by atoms with E-state index >= 15 is 0 Å². The zero-order valence-corrected chi connectivity index (χ0v) is 10.7. The molecule has 0 bridgehead atoms. The van der Waals surface area contributed by atoms with Gasteiger partial charge < -0.3 is 15.8 Å². The third-order valence-electron chi connectivity index (χ3n) is 3.50. The summed E-state index contributed by atoms with van der Waals surface area (Å²) in [5.74, 6) is 0.